The number of hydrogen-bond donors (Lipinski definition) is 1. The third kappa shape index (κ3) is 4.37. The fourth-order valence-corrected chi connectivity index (χ4v) is 6.95. The summed E-state index contributed by atoms with van der Waals surface area (Å²) in [5, 5.41) is 3.20. The summed E-state index contributed by atoms with van der Waals surface area (Å²) < 4.78 is 16.7. The number of amides is 1. The summed E-state index contributed by atoms with van der Waals surface area (Å²) >= 11 is 0. The quantitative estimate of drug-likeness (QED) is 0.283. The molecule has 4 aromatic rings. The number of halogens is 1. The van der Waals surface area contributed by atoms with Crippen molar-refractivity contribution in [2.75, 3.05) is 23.3 Å². The van der Waals surface area contributed by atoms with E-state index in [-0.39, 0.29) is 18.0 Å². The first kappa shape index (κ1) is 27.0. The highest BCUT2D eigenvalue weighted by atomic mass is 19.1. The molecule has 218 valence electrons. The van der Waals surface area contributed by atoms with Gasteiger partial charge in [-0.2, -0.15) is 0 Å². The topological polar surface area (TPSA) is 79.2 Å². The average molecular weight is 568 g/mol. The molecule has 1 aromatic carbocycles. The van der Waals surface area contributed by atoms with Gasteiger partial charge in [-0.1, -0.05) is 18.6 Å². The maximum Gasteiger partial charge on any atom is 0.237 e. The minimum Gasteiger partial charge on any atom is -0.336 e. The van der Waals surface area contributed by atoms with Crippen LogP contribution in [-0.4, -0.2) is 55.5 Å². The van der Waals surface area contributed by atoms with E-state index in [1.165, 1.54) is 38.5 Å². The number of rotatable bonds is 6. The summed E-state index contributed by atoms with van der Waals surface area (Å²) in [6.45, 7) is 10.6. The highest BCUT2D eigenvalue weighted by molar-refractivity contribution is 6.08. The first-order chi connectivity index (χ1) is 20.2. The second kappa shape index (κ2) is 10.2. The van der Waals surface area contributed by atoms with Crippen LogP contribution in [0.5, 0.6) is 0 Å². The molecule has 7 rings (SSSR count). The number of carbonyl (C=O) groups excluding carboxylic acids is 1. The molecule has 0 radical (unpaired) electrons. The Morgan fingerprint density at radius 3 is 2.57 bits per heavy atom. The summed E-state index contributed by atoms with van der Waals surface area (Å²) in [6.07, 6.45) is 10.5. The molecular formula is C33H38FN7O. The Labute approximate surface area is 246 Å². The van der Waals surface area contributed by atoms with Gasteiger partial charge in [0.2, 0.25) is 5.91 Å². The van der Waals surface area contributed by atoms with Gasteiger partial charge in [0, 0.05) is 35.6 Å². The van der Waals surface area contributed by atoms with E-state index in [2.05, 4.69) is 51.1 Å². The van der Waals surface area contributed by atoms with Crippen molar-refractivity contribution in [3.05, 3.63) is 60.4 Å². The third-order valence-electron chi connectivity index (χ3n) is 9.47. The van der Waals surface area contributed by atoms with Crippen LogP contribution in [0.2, 0.25) is 0 Å². The molecule has 5 heterocycles. The number of nitrogens with one attached hydrogen (secondary N) is 1. The molecule has 8 nitrogen and oxygen atoms in total. The van der Waals surface area contributed by atoms with Crippen LogP contribution >= 0.6 is 0 Å². The van der Waals surface area contributed by atoms with Crippen LogP contribution in [0.4, 0.5) is 21.6 Å². The number of nitrogens with zero attached hydrogens (tertiary/aromatic N) is 6. The average Bonchev–Trinajstić information content (AvgIpc) is 3.47. The highest BCUT2D eigenvalue weighted by Crippen LogP contribution is 2.48. The highest BCUT2D eigenvalue weighted by Gasteiger charge is 2.50. The summed E-state index contributed by atoms with van der Waals surface area (Å²) in [5.74, 6) is 0.244. The summed E-state index contributed by atoms with van der Waals surface area (Å²) in [6, 6.07) is 10.7. The van der Waals surface area contributed by atoms with E-state index in [1.54, 1.807) is 18.6 Å². The van der Waals surface area contributed by atoms with Gasteiger partial charge in [0.1, 0.15) is 5.52 Å². The minimum atomic E-state index is -0.580. The lowest BCUT2D eigenvalue weighted by Gasteiger charge is -2.48. The van der Waals surface area contributed by atoms with Crippen LogP contribution in [0, 0.1) is 5.82 Å². The number of imidazole rings is 1. The molecular weight excluding hydrogens is 529 g/mol. The minimum absolute atomic E-state index is 0.142. The van der Waals surface area contributed by atoms with Crippen LogP contribution in [0.25, 0.3) is 22.3 Å². The Morgan fingerprint density at radius 1 is 1.05 bits per heavy atom. The lowest BCUT2D eigenvalue weighted by Crippen LogP contribution is -2.57. The smallest absolute Gasteiger partial charge is 0.237 e. The molecule has 0 atom stereocenters. The Hall–Kier alpha value is -3.85. The number of anilines is 3. The first-order valence-electron chi connectivity index (χ1n) is 15.2. The van der Waals surface area contributed by atoms with Crippen LogP contribution in [0.3, 0.4) is 0 Å². The summed E-state index contributed by atoms with van der Waals surface area (Å²) in [7, 11) is 0. The van der Waals surface area contributed by atoms with Gasteiger partial charge in [0.15, 0.2) is 11.6 Å². The maximum absolute atomic E-state index is 14.6. The molecule has 1 amide bonds. The molecule has 9 heteroatoms. The molecule has 2 fully saturated rings. The number of aromatic nitrogens is 4. The number of fused-ring (bicyclic) bond motifs is 2. The van der Waals surface area contributed by atoms with Crippen molar-refractivity contribution in [3.63, 3.8) is 0 Å². The predicted octanol–water partition coefficient (Wildman–Crippen LogP) is 6.60. The zero-order valence-corrected chi connectivity index (χ0v) is 24.8. The summed E-state index contributed by atoms with van der Waals surface area (Å²) in [4.78, 5) is 32.1. The predicted molar refractivity (Wildman–Crippen MR) is 164 cm³/mol. The Kier molecular flexibility index (Phi) is 6.53. The number of pyridine rings is 2. The van der Waals surface area contributed by atoms with E-state index < -0.39 is 11.2 Å². The van der Waals surface area contributed by atoms with Crippen LogP contribution in [-0.2, 0) is 10.2 Å². The number of carbonyl (C=O) groups is 1. The van der Waals surface area contributed by atoms with Crippen molar-refractivity contribution in [2.45, 2.75) is 83.3 Å². The molecule has 1 aliphatic carbocycles. The standard InChI is InChI=1S/C33H38FN7O/c1-20(2)40-19-36-28-17-27(38-31(30(28)40)37-26-10-11-35-18-25(26)34)21-8-9-24-29(14-21)41(32(42)33(24,3)4)23-15-22(16-23)39-12-6-5-7-13-39/h8-11,14,17-20,22-23H,5-7,12-13,15-16H2,1-4H3,(H,35,37,38). The van der Waals surface area contributed by atoms with Gasteiger partial charge in [-0.25, -0.2) is 14.4 Å². The lowest BCUT2D eigenvalue weighted by atomic mass is 9.82. The lowest BCUT2D eigenvalue weighted by molar-refractivity contribution is -0.123. The Bertz CT molecular complexity index is 1670. The molecule has 1 saturated heterocycles. The Balaban J connectivity index is 1.27. The fourth-order valence-electron chi connectivity index (χ4n) is 6.95. The van der Waals surface area contributed by atoms with E-state index in [0.717, 1.165) is 40.7 Å². The van der Waals surface area contributed by atoms with E-state index in [4.69, 9.17) is 4.98 Å². The second-order valence-corrected chi connectivity index (χ2v) is 12.9. The number of benzene rings is 1. The SMILES string of the molecule is CC(C)n1cnc2cc(-c3ccc4c(c3)N(C3CC(N5CCCCC5)C3)C(=O)C4(C)C)nc(Nc3ccncc3F)c21. The van der Waals surface area contributed by atoms with Gasteiger partial charge in [-0.3, -0.25) is 9.78 Å². The van der Waals surface area contributed by atoms with Crippen molar-refractivity contribution < 1.29 is 9.18 Å². The van der Waals surface area contributed by atoms with Gasteiger partial charge in [-0.05, 0) is 90.2 Å². The van der Waals surface area contributed by atoms with Crippen molar-refractivity contribution in [2.24, 2.45) is 0 Å². The molecule has 0 bridgehead atoms. The van der Waals surface area contributed by atoms with Gasteiger partial charge in [0.25, 0.3) is 0 Å². The molecule has 0 unspecified atom stereocenters. The first-order valence-corrected chi connectivity index (χ1v) is 15.2. The van der Waals surface area contributed by atoms with Crippen molar-refractivity contribution in [3.8, 4) is 11.3 Å². The fraction of sp³-hybridized carbons (Fsp3) is 0.455. The van der Waals surface area contributed by atoms with Gasteiger partial charge in [-0.15, -0.1) is 0 Å². The van der Waals surface area contributed by atoms with Gasteiger partial charge in [0.05, 0.1) is 34.8 Å². The molecule has 2 aliphatic heterocycles. The molecule has 42 heavy (non-hydrogen) atoms. The van der Waals surface area contributed by atoms with Gasteiger partial charge >= 0.3 is 0 Å². The molecule has 3 aromatic heterocycles. The van der Waals surface area contributed by atoms with Crippen molar-refractivity contribution in [1.29, 1.82) is 0 Å². The number of hydrogen-bond acceptors (Lipinski definition) is 6. The normalized spacial score (nSPS) is 22.0. The van der Waals surface area contributed by atoms with Gasteiger partial charge < -0.3 is 19.7 Å². The number of likely N-dealkylation sites (tertiary alicyclic amines) is 1. The monoisotopic (exact) mass is 567 g/mol. The largest absolute Gasteiger partial charge is 0.336 e. The summed E-state index contributed by atoms with van der Waals surface area (Å²) in [5.41, 5.74) is 4.94. The molecule has 3 aliphatic rings. The van der Waals surface area contributed by atoms with Crippen molar-refractivity contribution >= 4 is 34.1 Å². The number of piperidine rings is 1. The maximum atomic E-state index is 14.6. The second-order valence-electron chi connectivity index (χ2n) is 12.9. The third-order valence-corrected chi connectivity index (χ3v) is 9.47. The van der Waals surface area contributed by atoms with Crippen LogP contribution in [0.1, 0.15) is 71.4 Å². The van der Waals surface area contributed by atoms with Crippen LogP contribution < -0.4 is 10.2 Å². The molecule has 1 saturated carbocycles. The van der Waals surface area contributed by atoms with Crippen LogP contribution in [0.15, 0.2) is 49.1 Å². The van der Waals surface area contributed by atoms with E-state index >= 15 is 0 Å². The zero-order valence-electron chi connectivity index (χ0n) is 24.8. The van der Waals surface area contributed by atoms with Crippen molar-refractivity contribution in [1.82, 2.24) is 24.4 Å². The molecule has 1 N–H and O–H groups in total. The Morgan fingerprint density at radius 2 is 1.83 bits per heavy atom. The van der Waals surface area contributed by atoms with E-state index in [0.29, 0.717) is 23.2 Å². The zero-order chi connectivity index (χ0) is 29.2. The molecule has 0 spiro atoms. The van der Waals surface area contributed by atoms with E-state index in [1.807, 2.05) is 30.5 Å². The van der Waals surface area contributed by atoms with E-state index in [9.17, 15) is 9.18 Å².